The van der Waals surface area contributed by atoms with Gasteiger partial charge in [0.2, 0.25) is 0 Å². The molecule has 3 aromatic rings. The predicted molar refractivity (Wildman–Crippen MR) is 145 cm³/mol. The van der Waals surface area contributed by atoms with Gasteiger partial charge in [0.25, 0.3) is 11.8 Å². The van der Waals surface area contributed by atoms with Crippen molar-refractivity contribution in [3.8, 4) is 0 Å². The largest absolute Gasteiger partial charge is 0.332 e. The Hall–Kier alpha value is -3.11. The first-order chi connectivity index (χ1) is 18.6. The fourth-order valence-electron chi connectivity index (χ4n) is 5.85. The number of carbonyl (C=O) groups is 1. The van der Waals surface area contributed by atoms with Gasteiger partial charge in [0, 0.05) is 31.8 Å². The molecular weight excluding hydrogens is 522 g/mol. The Morgan fingerprint density at radius 1 is 1.05 bits per heavy atom. The lowest BCUT2D eigenvalue weighted by Gasteiger charge is -2.33. The van der Waals surface area contributed by atoms with Crippen LogP contribution in [-0.2, 0) is 22.9 Å². The highest BCUT2D eigenvalue weighted by molar-refractivity contribution is 7.90. The van der Waals surface area contributed by atoms with Gasteiger partial charge in [-0.15, -0.1) is 0 Å². The van der Waals surface area contributed by atoms with Gasteiger partial charge in [-0.1, -0.05) is 42.5 Å². The van der Waals surface area contributed by atoms with Crippen molar-refractivity contribution in [2.75, 3.05) is 32.4 Å². The average Bonchev–Trinajstić information content (AvgIpc) is 3.49. The fourth-order valence-corrected chi connectivity index (χ4v) is 6.48. The van der Waals surface area contributed by atoms with Crippen LogP contribution in [0.25, 0.3) is 0 Å². The van der Waals surface area contributed by atoms with Crippen molar-refractivity contribution in [3.05, 3.63) is 83.2 Å². The lowest BCUT2D eigenvalue weighted by molar-refractivity contribution is -0.00244. The zero-order valence-electron chi connectivity index (χ0n) is 22.3. The second kappa shape index (κ2) is 10.8. The Morgan fingerprint density at radius 2 is 1.72 bits per heavy atom. The van der Waals surface area contributed by atoms with E-state index in [2.05, 4.69) is 10.00 Å². The molecule has 2 saturated heterocycles. The highest BCUT2D eigenvalue weighted by Crippen LogP contribution is 2.41. The summed E-state index contributed by atoms with van der Waals surface area (Å²) in [6.07, 6.45) is 4.38. The van der Waals surface area contributed by atoms with Gasteiger partial charge in [-0.3, -0.25) is 14.4 Å². The van der Waals surface area contributed by atoms with Crippen LogP contribution < -0.4 is 0 Å². The summed E-state index contributed by atoms with van der Waals surface area (Å²) >= 11 is 0. The molecule has 1 aromatic heterocycles. The predicted octanol–water partition coefficient (Wildman–Crippen LogP) is 4.56. The Bertz CT molecular complexity index is 1420. The molecule has 0 unspecified atom stereocenters. The second-order valence-electron chi connectivity index (χ2n) is 10.6. The highest BCUT2D eigenvalue weighted by atomic mass is 32.2. The molecular formula is C29H34F2N4O3S. The zero-order valence-corrected chi connectivity index (χ0v) is 23.1. The van der Waals surface area contributed by atoms with Crippen molar-refractivity contribution in [3.63, 3.8) is 0 Å². The van der Waals surface area contributed by atoms with E-state index in [-0.39, 0.29) is 18.4 Å². The molecule has 0 bridgehead atoms. The number of hydrogen-bond donors (Lipinski definition) is 0. The van der Waals surface area contributed by atoms with Gasteiger partial charge >= 0.3 is 0 Å². The van der Waals surface area contributed by atoms with E-state index in [0.717, 1.165) is 37.2 Å². The van der Waals surface area contributed by atoms with E-state index >= 15 is 0 Å². The van der Waals surface area contributed by atoms with Crippen LogP contribution in [0.3, 0.4) is 0 Å². The average molecular weight is 557 g/mol. The molecule has 1 amide bonds. The molecule has 2 aromatic carbocycles. The maximum atomic E-state index is 15.0. The van der Waals surface area contributed by atoms with Crippen LogP contribution in [0.4, 0.5) is 8.78 Å². The molecule has 0 spiro atoms. The van der Waals surface area contributed by atoms with Crippen molar-refractivity contribution in [2.45, 2.75) is 55.5 Å². The van der Waals surface area contributed by atoms with Gasteiger partial charge in [0.1, 0.15) is 0 Å². The highest BCUT2D eigenvalue weighted by Gasteiger charge is 2.50. The molecule has 0 aliphatic carbocycles. The third-order valence-electron chi connectivity index (χ3n) is 7.95. The number of likely N-dealkylation sites (tertiary alicyclic amines) is 2. The molecule has 0 saturated carbocycles. The van der Waals surface area contributed by atoms with Gasteiger partial charge in [-0.25, -0.2) is 17.2 Å². The fraction of sp³-hybridized carbons (Fsp3) is 0.448. The molecule has 7 nitrogen and oxygen atoms in total. The van der Waals surface area contributed by atoms with Crippen molar-refractivity contribution in [2.24, 2.45) is 0 Å². The number of hydrogen-bond acceptors (Lipinski definition) is 5. The van der Waals surface area contributed by atoms with E-state index in [9.17, 15) is 22.0 Å². The summed E-state index contributed by atoms with van der Waals surface area (Å²) in [6, 6.07) is 15.7. The summed E-state index contributed by atoms with van der Waals surface area (Å²) in [5.74, 6) is -4.30. The van der Waals surface area contributed by atoms with Crippen LogP contribution in [0.5, 0.6) is 0 Å². The molecule has 2 aliphatic rings. The van der Waals surface area contributed by atoms with Crippen LogP contribution >= 0.6 is 0 Å². The molecule has 0 radical (unpaired) electrons. The Morgan fingerprint density at radius 3 is 2.33 bits per heavy atom. The first-order valence-electron chi connectivity index (χ1n) is 13.4. The minimum Gasteiger partial charge on any atom is -0.332 e. The number of aryl methyl sites for hydroxylation is 1. The monoisotopic (exact) mass is 556 g/mol. The van der Waals surface area contributed by atoms with Crippen LogP contribution in [0.1, 0.15) is 58.8 Å². The Balaban J connectivity index is 1.27. The smallest absolute Gasteiger partial charge is 0.273 e. The third-order valence-corrected chi connectivity index (χ3v) is 9.07. The third kappa shape index (κ3) is 5.77. The summed E-state index contributed by atoms with van der Waals surface area (Å²) in [4.78, 5) is 17.5. The van der Waals surface area contributed by atoms with Gasteiger partial charge in [0.05, 0.1) is 34.8 Å². The van der Waals surface area contributed by atoms with Crippen molar-refractivity contribution < 1.29 is 22.0 Å². The van der Waals surface area contributed by atoms with Gasteiger partial charge in [-0.2, -0.15) is 5.10 Å². The maximum absolute atomic E-state index is 15.0. The first-order valence-corrected chi connectivity index (χ1v) is 15.2. The summed E-state index contributed by atoms with van der Waals surface area (Å²) in [6.45, 7) is 4.26. The minimum atomic E-state index is -3.23. The lowest BCUT2D eigenvalue weighted by atomic mass is 9.90. The van der Waals surface area contributed by atoms with E-state index < -0.39 is 28.2 Å². The van der Waals surface area contributed by atoms with Gasteiger partial charge in [0.15, 0.2) is 9.84 Å². The van der Waals surface area contributed by atoms with Crippen molar-refractivity contribution >= 4 is 15.7 Å². The summed E-state index contributed by atoms with van der Waals surface area (Å²) < 4.78 is 55.3. The number of carbonyl (C=O) groups excluding carboxylic acids is 1. The number of benzene rings is 2. The normalized spacial score (nSPS) is 20.4. The molecule has 10 heteroatoms. The molecule has 0 N–H and O–H groups in total. The first kappa shape index (κ1) is 27.5. The number of rotatable bonds is 7. The molecule has 2 aliphatic heterocycles. The number of halogens is 2. The number of alkyl halides is 2. The lowest BCUT2D eigenvalue weighted by Crippen LogP contribution is -2.35. The van der Waals surface area contributed by atoms with Crippen LogP contribution in [-0.4, -0.2) is 72.3 Å². The number of sulfone groups is 1. The zero-order chi connectivity index (χ0) is 27.8. The molecule has 208 valence electrons. The van der Waals surface area contributed by atoms with Crippen LogP contribution in [0, 0.1) is 0 Å². The van der Waals surface area contributed by atoms with Gasteiger partial charge < -0.3 is 4.90 Å². The number of piperidine rings is 1. The molecule has 1 atom stereocenters. The van der Waals surface area contributed by atoms with Crippen molar-refractivity contribution in [1.82, 2.24) is 19.6 Å². The molecule has 39 heavy (non-hydrogen) atoms. The van der Waals surface area contributed by atoms with Gasteiger partial charge in [-0.05, 0) is 56.1 Å². The summed E-state index contributed by atoms with van der Waals surface area (Å²) in [7, 11) is -3.23. The molecule has 3 heterocycles. The maximum Gasteiger partial charge on any atom is 0.273 e. The number of nitrogens with zero attached hydrogens (tertiary/aromatic N) is 4. The van der Waals surface area contributed by atoms with E-state index in [4.69, 9.17) is 0 Å². The molecule has 2 fully saturated rings. The number of amides is 1. The van der Waals surface area contributed by atoms with Crippen molar-refractivity contribution in [1.29, 1.82) is 0 Å². The van der Waals surface area contributed by atoms with E-state index in [0.29, 0.717) is 29.1 Å². The Kier molecular flexibility index (Phi) is 7.61. The summed E-state index contributed by atoms with van der Waals surface area (Å²) in [5, 5.41) is 4.45. The van der Waals surface area contributed by atoms with E-state index in [1.54, 1.807) is 48.7 Å². The topological polar surface area (TPSA) is 75.5 Å². The van der Waals surface area contributed by atoms with Crippen LogP contribution in [0.2, 0.25) is 0 Å². The molecule has 5 rings (SSSR count). The number of aromatic nitrogens is 2. The Labute approximate surface area is 228 Å². The standard InChI is InChI=1S/C29H34F2N4O3S/c1-3-35-27(23-13-15-33(16-14-23)18-21-9-11-24(12-10-21)39(2,37)38)25(17-32-35)28(36)34-19-26(29(30,31)20-34)22-7-5-4-6-8-22/h4-12,17,23,26H,3,13-16,18-20H2,1-2H3/t26-/m0/s1. The van der Waals surface area contributed by atoms with Crippen LogP contribution in [0.15, 0.2) is 65.7 Å². The SMILES string of the molecule is CCn1ncc(C(=O)N2C[C@@H](c3ccccc3)C(F)(F)C2)c1C1CCN(Cc2ccc(S(C)(=O)=O)cc2)CC1. The summed E-state index contributed by atoms with van der Waals surface area (Å²) in [5.41, 5.74) is 2.85. The minimum absolute atomic E-state index is 0.0246. The van der Waals surface area contributed by atoms with E-state index in [1.807, 2.05) is 23.7 Å². The van der Waals surface area contributed by atoms with E-state index in [1.165, 1.54) is 11.2 Å². The quantitative estimate of drug-likeness (QED) is 0.427. The second-order valence-corrected chi connectivity index (χ2v) is 12.7.